The van der Waals surface area contributed by atoms with Gasteiger partial charge in [-0.2, -0.15) is 11.8 Å². The Bertz CT molecular complexity index is 128. The van der Waals surface area contributed by atoms with Crippen LogP contribution in [-0.4, -0.2) is 25.1 Å². The van der Waals surface area contributed by atoms with E-state index < -0.39 is 0 Å². The Hall–Kier alpha value is 0.0500. The smallest absolute Gasteiger partial charge is 0.0137 e. The summed E-state index contributed by atoms with van der Waals surface area (Å²) < 4.78 is 0. The van der Waals surface area contributed by atoms with E-state index in [0.29, 0.717) is 0 Å². The Morgan fingerprint density at radius 1 is 1.23 bits per heavy atom. The van der Waals surface area contributed by atoms with Crippen LogP contribution in [0.3, 0.4) is 0 Å². The predicted octanol–water partition coefficient (Wildman–Crippen LogP) is 3.08. The molecule has 0 spiro atoms. The fraction of sp³-hybridized carbons (Fsp3) is 0.818. The van der Waals surface area contributed by atoms with Gasteiger partial charge in [0.2, 0.25) is 0 Å². The van der Waals surface area contributed by atoms with E-state index >= 15 is 0 Å². The normalized spacial score (nSPS) is 10.1. The summed E-state index contributed by atoms with van der Waals surface area (Å²) in [6, 6.07) is 0. The molecule has 0 aliphatic rings. The van der Waals surface area contributed by atoms with Gasteiger partial charge in [0.25, 0.3) is 0 Å². The van der Waals surface area contributed by atoms with Crippen molar-refractivity contribution in [1.82, 2.24) is 5.32 Å². The topological polar surface area (TPSA) is 12.0 Å². The van der Waals surface area contributed by atoms with Crippen molar-refractivity contribution in [1.29, 1.82) is 0 Å². The van der Waals surface area contributed by atoms with Gasteiger partial charge < -0.3 is 5.32 Å². The van der Waals surface area contributed by atoms with E-state index in [-0.39, 0.29) is 0 Å². The molecular formula is C11H23NS. The molecule has 0 bridgehead atoms. The SMILES string of the molecule is CSCCCCCNCC=C(C)C. The van der Waals surface area contributed by atoms with Crippen LogP contribution in [0, 0.1) is 0 Å². The Kier molecular flexibility index (Phi) is 10.2. The molecule has 13 heavy (non-hydrogen) atoms. The summed E-state index contributed by atoms with van der Waals surface area (Å²) in [5.74, 6) is 1.31. The quantitative estimate of drug-likeness (QED) is 0.478. The molecule has 0 atom stereocenters. The average Bonchev–Trinajstić information content (AvgIpc) is 2.09. The average molecular weight is 201 g/mol. The third kappa shape index (κ3) is 12.1. The summed E-state index contributed by atoms with van der Waals surface area (Å²) >= 11 is 1.94. The van der Waals surface area contributed by atoms with Crippen LogP contribution >= 0.6 is 11.8 Å². The first kappa shape index (κ1) is 13.1. The summed E-state index contributed by atoms with van der Waals surface area (Å²) in [5, 5.41) is 3.41. The Balaban J connectivity index is 2.96. The molecule has 0 aliphatic carbocycles. The Morgan fingerprint density at radius 3 is 2.62 bits per heavy atom. The lowest BCUT2D eigenvalue weighted by molar-refractivity contribution is 0.648. The lowest BCUT2D eigenvalue weighted by Crippen LogP contribution is -2.15. The molecule has 2 heteroatoms. The first-order chi connectivity index (χ1) is 6.27. The molecule has 0 aromatic carbocycles. The van der Waals surface area contributed by atoms with E-state index in [9.17, 15) is 0 Å². The molecule has 0 saturated carbocycles. The zero-order valence-electron chi connectivity index (χ0n) is 9.23. The standard InChI is InChI=1S/C11H23NS/c1-11(2)7-9-12-8-5-4-6-10-13-3/h7,12H,4-6,8-10H2,1-3H3. The number of hydrogen-bond donors (Lipinski definition) is 1. The maximum atomic E-state index is 3.41. The number of allylic oxidation sites excluding steroid dienone is 1. The van der Waals surface area contributed by atoms with Crippen LogP contribution in [0.5, 0.6) is 0 Å². The first-order valence-corrected chi connectivity index (χ1v) is 6.49. The zero-order valence-corrected chi connectivity index (χ0v) is 10.0. The van der Waals surface area contributed by atoms with Gasteiger partial charge in [-0.25, -0.2) is 0 Å². The molecule has 0 aromatic heterocycles. The van der Waals surface area contributed by atoms with Crippen LogP contribution in [0.25, 0.3) is 0 Å². The van der Waals surface area contributed by atoms with Crippen LogP contribution in [0.1, 0.15) is 33.1 Å². The van der Waals surface area contributed by atoms with Gasteiger partial charge in [0, 0.05) is 6.54 Å². The molecule has 78 valence electrons. The molecule has 0 fully saturated rings. The number of unbranched alkanes of at least 4 members (excludes halogenated alkanes) is 2. The van der Waals surface area contributed by atoms with Crippen LogP contribution in [0.4, 0.5) is 0 Å². The molecule has 0 radical (unpaired) electrons. The highest BCUT2D eigenvalue weighted by Gasteiger charge is 1.88. The lowest BCUT2D eigenvalue weighted by Gasteiger charge is -2.01. The van der Waals surface area contributed by atoms with Crippen LogP contribution < -0.4 is 5.32 Å². The number of thioether (sulfide) groups is 1. The molecule has 0 heterocycles. The highest BCUT2D eigenvalue weighted by atomic mass is 32.2. The summed E-state index contributed by atoms with van der Waals surface area (Å²) in [6.07, 6.45) is 8.46. The monoisotopic (exact) mass is 201 g/mol. The number of rotatable bonds is 8. The van der Waals surface area contributed by atoms with E-state index in [0.717, 1.165) is 13.1 Å². The molecule has 0 amide bonds. The minimum absolute atomic E-state index is 1.03. The van der Waals surface area contributed by atoms with Crippen LogP contribution in [0.15, 0.2) is 11.6 Å². The molecular weight excluding hydrogens is 178 g/mol. The van der Waals surface area contributed by atoms with E-state index in [4.69, 9.17) is 0 Å². The minimum atomic E-state index is 1.03. The van der Waals surface area contributed by atoms with Gasteiger partial charge in [-0.05, 0) is 45.2 Å². The molecule has 0 aromatic rings. The fourth-order valence-corrected chi connectivity index (χ4v) is 1.54. The second-order valence-electron chi connectivity index (χ2n) is 3.54. The fourth-order valence-electron chi connectivity index (χ4n) is 1.05. The zero-order chi connectivity index (χ0) is 9.94. The van der Waals surface area contributed by atoms with Crippen LogP contribution in [-0.2, 0) is 0 Å². The summed E-state index contributed by atoms with van der Waals surface area (Å²) in [5.41, 5.74) is 1.40. The summed E-state index contributed by atoms with van der Waals surface area (Å²) in [4.78, 5) is 0. The van der Waals surface area contributed by atoms with Gasteiger partial charge in [0.1, 0.15) is 0 Å². The van der Waals surface area contributed by atoms with Gasteiger partial charge in [-0.3, -0.25) is 0 Å². The van der Waals surface area contributed by atoms with E-state index in [2.05, 4.69) is 31.5 Å². The van der Waals surface area contributed by atoms with Crippen molar-refractivity contribution < 1.29 is 0 Å². The maximum absolute atomic E-state index is 3.41. The van der Waals surface area contributed by atoms with Crippen molar-refractivity contribution >= 4 is 11.8 Å². The predicted molar refractivity (Wildman–Crippen MR) is 64.5 cm³/mol. The molecule has 0 rings (SSSR count). The van der Waals surface area contributed by atoms with Gasteiger partial charge in [-0.15, -0.1) is 0 Å². The lowest BCUT2D eigenvalue weighted by atomic mass is 10.2. The van der Waals surface area contributed by atoms with Gasteiger partial charge in [0.15, 0.2) is 0 Å². The Morgan fingerprint density at radius 2 is 2.00 bits per heavy atom. The van der Waals surface area contributed by atoms with Gasteiger partial charge in [-0.1, -0.05) is 18.1 Å². The highest BCUT2D eigenvalue weighted by molar-refractivity contribution is 7.98. The van der Waals surface area contributed by atoms with Crippen molar-refractivity contribution in [2.75, 3.05) is 25.1 Å². The number of nitrogens with one attached hydrogen (secondary N) is 1. The second-order valence-corrected chi connectivity index (χ2v) is 4.52. The highest BCUT2D eigenvalue weighted by Crippen LogP contribution is 2.01. The van der Waals surface area contributed by atoms with Crippen LogP contribution in [0.2, 0.25) is 0 Å². The molecule has 0 aliphatic heterocycles. The third-order valence-corrected chi connectivity index (χ3v) is 2.55. The number of hydrogen-bond acceptors (Lipinski definition) is 2. The van der Waals surface area contributed by atoms with E-state index in [1.807, 2.05) is 11.8 Å². The van der Waals surface area contributed by atoms with Crippen molar-refractivity contribution in [3.05, 3.63) is 11.6 Å². The van der Waals surface area contributed by atoms with Crippen molar-refractivity contribution in [2.24, 2.45) is 0 Å². The van der Waals surface area contributed by atoms with Crippen molar-refractivity contribution in [3.63, 3.8) is 0 Å². The minimum Gasteiger partial charge on any atom is -0.313 e. The summed E-state index contributed by atoms with van der Waals surface area (Å²) in [6.45, 7) is 6.48. The molecule has 1 N–H and O–H groups in total. The van der Waals surface area contributed by atoms with Gasteiger partial charge >= 0.3 is 0 Å². The van der Waals surface area contributed by atoms with E-state index in [1.54, 1.807) is 0 Å². The first-order valence-electron chi connectivity index (χ1n) is 5.10. The third-order valence-electron chi connectivity index (χ3n) is 1.86. The largest absolute Gasteiger partial charge is 0.313 e. The summed E-state index contributed by atoms with van der Waals surface area (Å²) in [7, 11) is 0. The molecule has 0 saturated heterocycles. The second kappa shape index (κ2) is 10.1. The molecule has 0 unspecified atom stereocenters. The van der Waals surface area contributed by atoms with E-state index in [1.165, 1.54) is 30.6 Å². The Labute approximate surface area is 87.4 Å². The van der Waals surface area contributed by atoms with Crippen molar-refractivity contribution in [2.45, 2.75) is 33.1 Å². The van der Waals surface area contributed by atoms with Gasteiger partial charge in [0.05, 0.1) is 0 Å². The molecule has 1 nitrogen and oxygen atoms in total. The maximum Gasteiger partial charge on any atom is 0.0137 e. The van der Waals surface area contributed by atoms with Crippen molar-refractivity contribution in [3.8, 4) is 0 Å².